The van der Waals surface area contributed by atoms with Crippen LogP contribution in [0, 0.1) is 0 Å². The van der Waals surface area contributed by atoms with Gasteiger partial charge in [0.1, 0.15) is 0 Å². The summed E-state index contributed by atoms with van der Waals surface area (Å²) in [6.07, 6.45) is 2.54. The molecule has 0 aliphatic carbocycles. The Kier molecular flexibility index (Phi) is 3.96. The summed E-state index contributed by atoms with van der Waals surface area (Å²) in [6, 6.07) is 9.55. The van der Waals surface area contributed by atoms with Gasteiger partial charge in [-0.15, -0.1) is 5.10 Å². The van der Waals surface area contributed by atoms with E-state index in [0.717, 1.165) is 12.1 Å². The van der Waals surface area contributed by atoms with Crippen molar-refractivity contribution >= 4 is 5.91 Å². The Morgan fingerprint density at radius 2 is 2.19 bits per heavy atom. The zero-order valence-corrected chi connectivity index (χ0v) is 12.0. The van der Waals surface area contributed by atoms with E-state index in [4.69, 9.17) is 4.74 Å². The third-order valence-corrected chi connectivity index (χ3v) is 3.58. The summed E-state index contributed by atoms with van der Waals surface area (Å²) < 4.78 is 5.58. The lowest BCUT2D eigenvalue weighted by atomic mass is 10.2. The van der Waals surface area contributed by atoms with Crippen LogP contribution in [0.15, 0.2) is 36.5 Å². The Balaban J connectivity index is 1.75. The maximum Gasteiger partial charge on any atom is 0.276 e. The van der Waals surface area contributed by atoms with Crippen molar-refractivity contribution in [2.45, 2.75) is 19.4 Å². The lowest BCUT2D eigenvalue weighted by Gasteiger charge is -2.31. The molecule has 1 atom stereocenters. The Bertz CT molecular complexity index is 611. The zero-order chi connectivity index (χ0) is 14.7. The highest BCUT2D eigenvalue weighted by Crippen LogP contribution is 2.12. The Labute approximate surface area is 123 Å². The van der Waals surface area contributed by atoms with E-state index in [1.807, 2.05) is 30.3 Å². The standard InChI is InChI=1S/C15H18N4O2/c1-2-13-11-18(8-9-21-13)15(20)14-10-16-19(17-14)12-6-4-3-5-7-12/h3-7,10,13H,2,8-9,11H2,1H3. The molecule has 1 aliphatic heterocycles. The molecule has 1 fully saturated rings. The lowest BCUT2D eigenvalue weighted by Crippen LogP contribution is -2.45. The first-order valence-electron chi connectivity index (χ1n) is 7.16. The molecule has 0 bridgehead atoms. The molecule has 0 spiro atoms. The molecule has 1 aromatic carbocycles. The number of carbonyl (C=O) groups excluding carboxylic acids is 1. The number of amides is 1. The number of hydrogen-bond donors (Lipinski definition) is 0. The van der Waals surface area contributed by atoms with Gasteiger partial charge in [0.2, 0.25) is 0 Å². The number of carbonyl (C=O) groups is 1. The van der Waals surface area contributed by atoms with Crippen LogP contribution in [0.1, 0.15) is 23.8 Å². The second kappa shape index (κ2) is 6.05. The van der Waals surface area contributed by atoms with Crippen LogP contribution >= 0.6 is 0 Å². The van der Waals surface area contributed by atoms with Crippen LogP contribution in [-0.2, 0) is 4.74 Å². The van der Waals surface area contributed by atoms with Crippen LogP contribution < -0.4 is 0 Å². The number of nitrogens with zero attached hydrogens (tertiary/aromatic N) is 4. The minimum Gasteiger partial charge on any atom is -0.375 e. The van der Waals surface area contributed by atoms with Crippen molar-refractivity contribution in [2.75, 3.05) is 19.7 Å². The molecule has 21 heavy (non-hydrogen) atoms. The summed E-state index contributed by atoms with van der Waals surface area (Å²) in [6.45, 7) is 3.86. The molecule has 2 heterocycles. The largest absolute Gasteiger partial charge is 0.375 e. The monoisotopic (exact) mass is 286 g/mol. The van der Waals surface area contributed by atoms with Crippen molar-refractivity contribution in [3.05, 3.63) is 42.2 Å². The number of ether oxygens (including phenoxy) is 1. The summed E-state index contributed by atoms with van der Waals surface area (Å²) in [4.78, 5) is 15.7. The second-order valence-corrected chi connectivity index (χ2v) is 5.01. The van der Waals surface area contributed by atoms with Gasteiger partial charge in [-0.2, -0.15) is 9.90 Å². The number of morpholine rings is 1. The predicted molar refractivity (Wildman–Crippen MR) is 77.3 cm³/mol. The van der Waals surface area contributed by atoms with Crippen LogP contribution in [0.5, 0.6) is 0 Å². The van der Waals surface area contributed by atoms with Crippen molar-refractivity contribution in [1.82, 2.24) is 19.9 Å². The molecule has 6 nitrogen and oxygen atoms in total. The van der Waals surface area contributed by atoms with E-state index in [9.17, 15) is 4.79 Å². The van der Waals surface area contributed by atoms with Crippen LogP contribution in [0.2, 0.25) is 0 Å². The smallest absolute Gasteiger partial charge is 0.276 e. The normalized spacial score (nSPS) is 18.7. The van der Waals surface area contributed by atoms with Gasteiger partial charge in [-0.05, 0) is 18.6 Å². The molecule has 0 saturated carbocycles. The van der Waals surface area contributed by atoms with Gasteiger partial charge in [0, 0.05) is 13.1 Å². The van der Waals surface area contributed by atoms with E-state index >= 15 is 0 Å². The minimum atomic E-state index is -0.0843. The van der Waals surface area contributed by atoms with Crippen molar-refractivity contribution in [1.29, 1.82) is 0 Å². The fraction of sp³-hybridized carbons (Fsp3) is 0.400. The highest BCUT2D eigenvalue weighted by atomic mass is 16.5. The van der Waals surface area contributed by atoms with Crippen molar-refractivity contribution in [3.8, 4) is 5.69 Å². The molecule has 0 N–H and O–H groups in total. The van der Waals surface area contributed by atoms with Crippen molar-refractivity contribution in [2.24, 2.45) is 0 Å². The van der Waals surface area contributed by atoms with Gasteiger partial charge in [0.05, 0.1) is 24.6 Å². The molecule has 1 unspecified atom stereocenters. The summed E-state index contributed by atoms with van der Waals surface area (Å²) in [7, 11) is 0. The molecule has 1 amide bonds. The van der Waals surface area contributed by atoms with E-state index in [1.54, 1.807) is 4.90 Å². The minimum absolute atomic E-state index is 0.0843. The molecule has 6 heteroatoms. The fourth-order valence-corrected chi connectivity index (χ4v) is 2.36. The van der Waals surface area contributed by atoms with Gasteiger partial charge in [-0.1, -0.05) is 25.1 Å². The van der Waals surface area contributed by atoms with Gasteiger partial charge < -0.3 is 9.64 Å². The maximum absolute atomic E-state index is 12.5. The number of benzene rings is 1. The van der Waals surface area contributed by atoms with Crippen LogP contribution in [-0.4, -0.2) is 51.6 Å². The van der Waals surface area contributed by atoms with E-state index < -0.39 is 0 Å². The number of para-hydroxylation sites is 1. The quantitative estimate of drug-likeness (QED) is 0.858. The summed E-state index contributed by atoms with van der Waals surface area (Å²) >= 11 is 0. The SMILES string of the molecule is CCC1CN(C(=O)c2cnn(-c3ccccc3)n2)CCO1. The average molecular weight is 286 g/mol. The summed E-state index contributed by atoms with van der Waals surface area (Å²) in [5.41, 5.74) is 1.21. The molecule has 110 valence electrons. The first kappa shape index (κ1) is 13.8. The second-order valence-electron chi connectivity index (χ2n) is 5.01. The molecule has 1 aliphatic rings. The predicted octanol–water partition coefficient (Wildman–Crippen LogP) is 1.52. The van der Waals surface area contributed by atoms with Crippen molar-refractivity contribution in [3.63, 3.8) is 0 Å². The number of aromatic nitrogens is 3. The topological polar surface area (TPSA) is 60.2 Å². The van der Waals surface area contributed by atoms with Gasteiger partial charge in [-0.3, -0.25) is 4.79 Å². The maximum atomic E-state index is 12.5. The van der Waals surface area contributed by atoms with Crippen LogP contribution in [0.4, 0.5) is 0 Å². The Morgan fingerprint density at radius 1 is 1.38 bits per heavy atom. The fourth-order valence-electron chi connectivity index (χ4n) is 2.36. The van der Waals surface area contributed by atoms with Gasteiger partial charge >= 0.3 is 0 Å². The van der Waals surface area contributed by atoms with Crippen LogP contribution in [0.3, 0.4) is 0 Å². The summed E-state index contributed by atoms with van der Waals surface area (Å²) in [5.74, 6) is -0.0843. The molecular weight excluding hydrogens is 268 g/mol. The number of rotatable bonds is 3. The Hall–Kier alpha value is -2.21. The third kappa shape index (κ3) is 2.95. The lowest BCUT2D eigenvalue weighted by molar-refractivity contribution is -0.0228. The van der Waals surface area contributed by atoms with Gasteiger partial charge in [0.25, 0.3) is 5.91 Å². The Morgan fingerprint density at radius 3 is 2.95 bits per heavy atom. The molecule has 3 rings (SSSR count). The highest BCUT2D eigenvalue weighted by molar-refractivity contribution is 5.92. The van der Waals surface area contributed by atoms with Crippen molar-refractivity contribution < 1.29 is 9.53 Å². The first-order chi connectivity index (χ1) is 10.3. The molecular formula is C15H18N4O2. The average Bonchev–Trinajstić information content (AvgIpc) is 3.05. The molecule has 0 radical (unpaired) electrons. The van der Waals surface area contributed by atoms with E-state index in [2.05, 4.69) is 17.1 Å². The third-order valence-electron chi connectivity index (χ3n) is 3.58. The van der Waals surface area contributed by atoms with Crippen LogP contribution in [0.25, 0.3) is 5.69 Å². The molecule has 1 aromatic heterocycles. The summed E-state index contributed by atoms with van der Waals surface area (Å²) in [5, 5.41) is 8.45. The van der Waals surface area contributed by atoms with E-state index in [0.29, 0.717) is 25.4 Å². The molecule has 2 aromatic rings. The van der Waals surface area contributed by atoms with E-state index in [1.165, 1.54) is 11.0 Å². The van der Waals surface area contributed by atoms with Gasteiger partial charge in [0.15, 0.2) is 5.69 Å². The van der Waals surface area contributed by atoms with Gasteiger partial charge in [-0.25, -0.2) is 0 Å². The zero-order valence-electron chi connectivity index (χ0n) is 12.0. The first-order valence-corrected chi connectivity index (χ1v) is 7.16. The highest BCUT2D eigenvalue weighted by Gasteiger charge is 2.25. The van der Waals surface area contributed by atoms with E-state index in [-0.39, 0.29) is 12.0 Å². The number of hydrogen-bond acceptors (Lipinski definition) is 4. The molecule has 1 saturated heterocycles.